The van der Waals surface area contributed by atoms with E-state index in [0.717, 1.165) is 0 Å². The van der Waals surface area contributed by atoms with Crippen LogP contribution >= 0.6 is 0 Å². The molecule has 0 aliphatic carbocycles. The largest absolute Gasteiger partial charge is 0.478 e. The van der Waals surface area contributed by atoms with Crippen molar-refractivity contribution in [3.8, 4) is 0 Å². The van der Waals surface area contributed by atoms with E-state index in [-0.39, 0.29) is 0 Å². The number of allylic oxidation sites excluding steroid dienone is 1. The molecular formula is C8H3F11O2. The monoisotopic (exact) mass is 340 g/mol. The Bertz CT molecular complexity index is 434. The summed E-state index contributed by atoms with van der Waals surface area (Å²) in [5, 5.41) is 7.85. The van der Waals surface area contributed by atoms with Crippen LogP contribution in [0.5, 0.6) is 0 Å². The lowest BCUT2D eigenvalue weighted by molar-refractivity contribution is -0.416. The molecule has 0 atom stereocenters. The van der Waals surface area contributed by atoms with Gasteiger partial charge in [0.05, 0.1) is 0 Å². The van der Waals surface area contributed by atoms with Crippen LogP contribution in [0.2, 0.25) is 0 Å². The Labute approximate surface area is 107 Å². The number of hydrogen-bond acceptors (Lipinski definition) is 1. The summed E-state index contributed by atoms with van der Waals surface area (Å²) in [4.78, 5) is 9.80. The zero-order chi connectivity index (χ0) is 17.5. The number of halogens is 11. The van der Waals surface area contributed by atoms with Gasteiger partial charge in [0.1, 0.15) is 0 Å². The summed E-state index contributed by atoms with van der Waals surface area (Å²) in [6.07, 6.45) is -9.47. The highest BCUT2D eigenvalue weighted by Crippen LogP contribution is 2.57. The summed E-state index contributed by atoms with van der Waals surface area (Å²) >= 11 is 0. The third-order valence-electron chi connectivity index (χ3n) is 2.00. The van der Waals surface area contributed by atoms with Gasteiger partial charge < -0.3 is 5.11 Å². The lowest BCUT2D eigenvalue weighted by Crippen LogP contribution is -2.66. The topological polar surface area (TPSA) is 37.3 Å². The van der Waals surface area contributed by atoms with Gasteiger partial charge in [0.25, 0.3) is 0 Å². The summed E-state index contributed by atoms with van der Waals surface area (Å²) in [6, 6.07) is 0. The van der Waals surface area contributed by atoms with E-state index >= 15 is 0 Å². The van der Waals surface area contributed by atoms with Crippen LogP contribution in [0.1, 0.15) is 0 Å². The molecule has 0 bridgehead atoms. The van der Waals surface area contributed by atoms with E-state index in [9.17, 15) is 53.1 Å². The number of alkyl halides is 11. The molecule has 1 N–H and O–H groups in total. The molecule has 0 radical (unpaired) electrons. The second kappa shape index (κ2) is 5.02. The molecule has 2 nitrogen and oxygen atoms in total. The maximum absolute atomic E-state index is 12.7. The van der Waals surface area contributed by atoms with Crippen molar-refractivity contribution in [1.29, 1.82) is 0 Å². The van der Waals surface area contributed by atoms with Gasteiger partial charge in [-0.1, -0.05) is 0 Å². The van der Waals surface area contributed by atoms with Crippen molar-refractivity contribution in [2.45, 2.75) is 29.9 Å². The number of aliphatic carboxylic acids is 1. The van der Waals surface area contributed by atoms with E-state index < -0.39 is 48.0 Å². The minimum Gasteiger partial charge on any atom is -0.478 e. The van der Waals surface area contributed by atoms with Crippen molar-refractivity contribution < 1.29 is 58.2 Å². The summed E-state index contributed by atoms with van der Waals surface area (Å²) in [5.74, 6) is -30.9. The summed E-state index contributed by atoms with van der Waals surface area (Å²) < 4.78 is 136. The fourth-order valence-electron chi connectivity index (χ4n) is 0.865. The zero-order valence-electron chi connectivity index (χ0n) is 9.17. The van der Waals surface area contributed by atoms with E-state index in [2.05, 4.69) is 0 Å². The minimum absolute atomic E-state index is 0.810. The van der Waals surface area contributed by atoms with Gasteiger partial charge in [-0.05, 0) is 6.08 Å². The van der Waals surface area contributed by atoms with Crippen LogP contribution in [0.4, 0.5) is 48.3 Å². The molecule has 0 aromatic rings. The second-order valence-corrected chi connectivity index (χ2v) is 3.52. The van der Waals surface area contributed by atoms with Crippen molar-refractivity contribution in [1.82, 2.24) is 0 Å². The van der Waals surface area contributed by atoms with Gasteiger partial charge >= 0.3 is 35.8 Å². The average Bonchev–Trinajstić information content (AvgIpc) is 2.24. The molecule has 0 amide bonds. The number of carbonyl (C=O) groups is 1. The summed E-state index contributed by atoms with van der Waals surface area (Å²) in [6.45, 7) is 0. The van der Waals surface area contributed by atoms with Crippen LogP contribution in [-0.4, -0.2) is 40.9 Å². The smallest absolute Gasteiger partial charge is 0.460 e. The first-order valence-corrected chi connectivity index (χ1v) is 4.42. The first-order valence-electron chi connectivity index (χ1n) is 4.42. The lowest BCUT2D eigenvalue weighted by Gasteiger charge is -2.36. The Kier molecular flexibility index (Phi) is 4.64. The van der Waals surface area contributed by atoms with Gasteiger partial charge in [-0.3, -0.25) is 0 Å². The van der Waals surface area contributed by atoms with Gasteiger partial charge in [-0.15, -0.1) is 0 Å². The fourth-order valence-corrected chi connectivity index (χ4v) is 0.865. The Morgan fingerprint density at radius 2 is 1.10 bits per heavy atom. The van der Waals surface area contributed by atoms with Gasteiger partial charge in [0.15, 0.2) is 0 Å². The molecular weight excluding hydrogens is 337 g/mol. The molecule has 0 unspecified atom stereocenters. The predicted octanol–water partition coefficient (Wildman–Crippen LogP) is 3.73. The third-order valence-corrected chi connectivity index (χ3v) is 2.00. The van der Waals surface area contributed by atoms with Crippen LogP contribution < -0.4 is 0 Å². The molecule has 0 saturated carbocycles. The molecule has 0 saturated heterocycles. The number of hydrogen-bond donors (Lipinski definition) is 1. The van der Waals surface area contributed by atoms with Gasteiger partial charge in [-0.2, -0.15) is 48.3 Å². The second-order valence-electron chi connectivity index (χ2n) is 3.52. The van der Waals surface area contributed by atoms with Crippen LogP contribution in [-0.2, 0) is 4.79 Å². The Morgan fingerprint density at radius 1 is 0.714 bits per heavy atom. The van der Waals surface area contributed by atoms with Crippen LogP contribution in [0.3, 0.4) is 0 Å². The van der Waals surface area contributed by atoms with E-state index in [0.29, 0.717) is 0 Å². The maximum atomic E-state index is 12.7. The van der Waals surface area contributed by atoms with Gasteiger partial charge in [0.2, 0.25) is 0 Å². The highest BCUT2D eigenvalue weighted by atomic mass is 19.4. The van der Waals surface area contributed by atoms with Crippen molar-refractivity contribution in [3.05, 3.63) is 12.2 Å². The molecule has 0 heterocycles. The number of rotatable bonds is 5. The standard InChI is InChI=1S/C8H3F11O2/c9-4(10,2-1-3(20)21)5(11,12)6(13,14)7(15,16)8(17,18)19/h1-2H,(H,20,21). The van der Waals surface area contributed by atoms with E-state index in [1.54, 1.807) is 0 Å². The molecule has 0 aliphatic heterocycles. The molecule has 0 aromatic heterocycles. The molecule has 124 valence electrons. The number of carboxylic acid groups (broad SMARTS) is 1. The van der Waals surface area contributed by atoms with Crippen molar-refractivity contribution in [2.24, 2.45) is 0 Å². The highest BCUT2D eigenvalue weighted by Gasteiger charge is 2.86. The molecule has 0 aliphatic rings. The Balaban J connectivity index is 5.94. The predicted molar refractivity (Wildman–Crippen MR) is 42.6 cm³/mol. The first kappa shape index (κ1) is 19.4. The third kappa shape index (κ3) is 3.05. The molecule has 0 fully saturated rings. The van der Waals surface area contributed by atoms with Gasteiger partial charge in [-0.25, -0.2) is 4.79 Å². The number of carboxylic acids is 1. The Hall–Kier alpha value is -1.56. The van der Waals surface area contributed by atoms with Crippen molar-refractivity contribution in [3.63, 3.8) is 0 Å². The summed E-state index contributed by atoms with van der Waals surface area (Å²) in [5.41, 5.74) is 0. The molecule has 13 heteroatoms. The van der Waals surface area contributed by atoms with Crippen LogP contribution in [0.25, 0.3) is 0 Å². The van der Waals surface area contributed by atoms with E-state index in [1.165, 1.54) is 0 Å². The Morgan fingerprint density at radius 3 is 1.38 bits per heavy atom. The van der Waals surface area contributed by atoms with E-state index in [4.69, 9.17) is 5.11 Å². The summed E-state index contributed by atoms with van der Waals surface area (Å²) in [7, 11) is 0. The fraction of sp³-hybridized carbons (Fsp3) is 0.625. The van der Waals surface area contributed by atoms with Crippen molar-refractivity contribution in [2.75, 3.05) is 0 Å². The zero-order valence-corrected chi connectivity index (χ0v) is 9.17. The molecule has 0 rings (SSSR count). The molecule has 21 heavy (non-hydrogen) atoms. The lowest BCUT2D eigenvalue weighted by atomic mass is 9.98. The molecule has 0 spiro atoms. The van der Waals surface area contributed by atoms with Crippen LogP contribution in [0, 0.1) is 0 Å². The molecule has 0 aromatic carbocycles. The average molecular weight is 340 g/mol. The minimum atomic E-state index is -7.54. The van der Waals surface area contributed by atoms with Crippen LogP contribution in [0.15, 0.2) is 12.2 Å². The normalized spacial score (nSPS) is 15.6. The SMILES string of the molecule is O=C(O)C=CC(F)(F)C(F)(F)C(F)(F)C(F)(F)C(F)(F)F. The first-order chi connectivity index (χ1) is 8.92. The van der Waals surface area contributed by atoms with Gasteiger partial charge in [0, 0.05) is 6.08 Å². The van der Waals surface area contributed by atoms with Crippen molar-refractivity contribution >= 4 is 5.97 Å². The van der Waals surface area contributed by atoms with E-state index in [1.807, 2.05) is 0 Å². The maximum Gasteiger partial charge on any atom is 0.460 e. The highest BCUT2D eigenvalue weighted by molar-refractivity contribution is 5.79. The quantitative estimate of drug-likeness (QED) is 0.612.